The molecule has 59 heavy (non-hydrogen) atoms. The second kappa shape index (κ2) is 34.9. The molecule has 1 saturated heterocycles. The lowest BCUT2D eigenvalue weighted by Crippen LogP contribution is -2.66. The number of hydrogen-bond donors (Lipinski definition) is 6. The number of esters is 2. The Morgan fingerprint density at radius 1 is 0.593 bits per heavy atom. The van der Waals surface area contributed by atoms with Crippen molar-refractivity contribution in [2.45, 2.75) is 256 Å². The Hall–Kier alpha value is -1.64. The SMILES string of the molecule is CCCCCCCCCCCCCCC[C@@H](O)CC(=O)N[C@H]1[C@@H](OC(=O)C[C@H](O)CCCCCCC)O[C@H](CO)[C@@H](OP(=O)(O)O)[C@@H]1OC(=O)CCCCCCCCC. The summed E-state index contributed by atoms with van der Waals surface area (Å²) in [6.07, 6.45) is 17.8. The maximum absolute atomic E-state index is 13.5. The third-order valence-electron chi connectivity index (χ3n) is 11.0. The minimum Gasteiger partial charge on any atom is -0.457 e. The molecule has 1 aliphatic heterocycles. The zero-order chi connectivity index (χ0) is 43.7. The third kappa shape index (κ3) is 28.6. The van der Waals surface area contributed by atoms with Crippen LogP contribution in [0.25, 0.3) is 0 Å². The van der Waals surface area contributed by atoms with Gasteiger partial charge in [-0.3, -0.25) is 18.9 Å². The van der Waals surface area contributed by atoms with Gasteiger partial charge in [0.1, 0.15) is 18.2 Å². The van der Waals surface area contributed by atoms with E-state index in [1.807, 2.05) is 0 Å². The Labute approximate surface area is 355 Å². The van der Waals surface area contributed by atoms with Gasteiger partial charge < -0.3 is 44.6 Å². The van der Waals surface area contributed by atoms with Gasteiger partial charge in [0, 0.05) is 6.42 Å². The summed E-state index contributed by atoms with van der Waals surface area (Å²) in [5.74, 6) is -2.34. The van der Waals surface area contributed by atoms with E-state index in [4.69, 9.17) is 18.7 Å². The first-order chi connectivity index (χ1) is 28.3. The molecule has 0 aromatic heterocycles. The van der Waals surface area contributed by atoms with Crippen molar-refractivity contribution in [2.24, 2.45) is 0 Å². The van der Waals surface area contributed by atoms with Crippen LogP contribution in [-0.2, 0) is 37.7 Å². The maximum Gasteiger partial charge on any atom is 0.470 e. The van der Waals surface area contributed by atoms with E-state index in [1.165, 1.54) is 57.8 Å². The van der Waals surface area contributed by atoms with Crippen molar-refractivity contribution >= 4 is 25.7 Å². The molecular weight excluding hydrogens is 781 g/mol. The molecule has 1 fully saturated rings. The molecule has 0 unspecified atom stereocenters. The molecule has 0 aromatic rings. The molecule has 0 bridgehead atoms. The molecule has 0 spiro atoms. The third-order valence-corrected chi connectivity index (χ3v) is 11.5. The summed E-state index contributed by atoms with van der Waals surface area (Å²) in [7, 11) is -5.28. The number of rotatable bonds is 38. The number of aliphatic hydroxyl groups is 3. The Morgan fingerprint density at radius 3 is 1.46 bits per heavy atom. The zero-order valence-corrected chi connectivity index (χ0v) is 37.8. The smallest absolute Gasteiger partial charge is 0.457 e. The average Bonchev–Trinajstić information content (AvgIpc) is 3.17. The molecule has 0 radical (unpaired) electrons. The van der Waals surface area contributed by atoms with E-state index >= 15 is 0 Å². The summed E-state index contributed by atoms with van der Waals surface area (Å²) in [6.45, 7) is 5.58. The van der Waals surface area contributed by atoms with Gasteiger partial charge in [0.05, 0.1) is 31.7 Å². The van der Waals surface area contributed by atoms with Gasteiger partial charge in [-0.25, -0.2) is 4.57 Å². The van der Waals surface area contributed by atoms with Gasteiger partial charge in [0.15, 0.2) is 6.10 Å². The molecule has 0 aromatic carbocycles. The van der Waals surface area contributed by atoms with Crippen LogP contribution in [0.3, 0.4) is 0 Å². The average molecular weight is 866 g/mol. The van der Waals surface area contributed by atoms with E-state index in [1.54, 1.807) is 0 Å². The van der Waals surface area contributed by atoms with E-state index < -0.39 is 81.5 Å². The van der Waals surface area contributed by atoms with E-state index in [0.717, 1.165) is 89.9 Å². The number of hydrogen-bond acceptors (Lipinski definition) is 11. The van der Waals surface area contributed by atoms with Crippen LogP contribution in [0.5, 0.6) is 0 Å². The first kappa shape index (κ1) is 55.4. The van der Waals surface area contributed by atoms with Gasteiger partial charge in [0.2, 0.25) is 12.2 Å². The summed E-state index contributed by atoms with van der Waals surface area (Å²) in [4.78, 5) is 59.4. The Bertz CT molecular complexity index is 1120. The lowest BCUT2D eigenvalue weighted by atomic mass is 9.96. The molecule has 14 nitrogen and oxygen atoms in total. The van der Waals surface area contributed by atoms with Crippen LogP contribution in [0.15, 0.2) is 0 Å². The molecule has 348 valence electrons. The fourth-order valence-corrected chi connectivity index (χ4v) is 8.15. The molecule has 0 aliphatic carbocycles. The maximum atomic E-state index is 13.5. The number of ether oxygens (including phenoxy) is 3. The van der Waals surface area contributed by atoms with Crippen molar-refractivity contribution in [1.29, 1.82) is 0 Å². The predicted molar refractivity (Wildman–Crippen MR) is 228 cm³/mol. The van der Waals surface area contributed by atoms with Crippen molar-refractivity contribution < 1.29 is 62.8 Å². The first-order valence-corrected chi connectivity index (χ1v) is 24.9. The molecule has 0 saturated carbocycles. The monoisotopic (exact) mass is 866 g/mol. The first-order valence-electron chi connectivity index (χ1n) is 23.4. The minimum absolute atomic E-state index is 0.0367. The number of nitrogens with one attached hydrogen (secondary N) is 1. The van der Waals surface area contributed by atoms with E-state index in [2.05, 4.69) is 26.1 Å². The van der Waals surface area contributed by atoms with Crippen molar-refractivity contribution in [3.8, 4) is 0 Å². The van der Waals surface area contributed by atoms with Gasteiger partial charge in [-0.05, 0) is 19.3 Å². The Kier molecular flexibility index (Phi) is 32.7. The molecule has 1 aliphatic rings. The number of carbonyl (C=O) groups is 3. The molecule has 7 atom stereocenters. The Balaban J connectivity index is 2.99. The topological polar surface area (TPSA) is 218 Å². The zero-order valence-electron chi connectivity index (χ0n) is 36.9. The van der Waals surface area contributed by atoms with Crippen LogP contribution in [0.2, 0.25) is 0 Å². The fraction of sp³-hybridized carbons (Fsp3) is 0.932. The van der Waals surface area contributed by atoms with Gasteiger partial charge in [0.25, 0.3) is 0 Å². The van der Waals surface area contributed by atoms with E-state index in [9.17, 15) is 44.1 Å². The summed E-state index contributed by atoms with van der Waals surface area (Å²) < 4.78 is 34.3. The van der Waals surface area contributed by atoms with Crippen molar-refractivity contribution in [3.63, 3.8) is 0 Å². The van der Waals surface area contributed by atoms with E-state index in [-0.39, 0.29) is 12.8 Å². The van der Waals surface area contributed by atoms with Gasteiger partial charge >= 0.3 is 19.8 Å². The molecule has 15 heteroatoms. The van der Waals surface area contributed by atoms with Crippen molar-refractivity contribution in [1.82, 2.24) is 5.32 Å². The molecule has 1 rings (SSSR count). The molecule has 1 heterocycles. The highest BCUT2D eigenvalue weighted by atomic mass is 31.2. The normalized spacial score (nSPS) is 20.6. The highest BCUT2D eigenvalue weighted by Crippen LogP contribution is 2.42. The number of aliphatic hydroxyl groups excluding tert-OH is 3. The summed E-state index contributed by atoms with van der Waals surface area (Å²) in [5.41, 5.74) is 0. The van der Waals surface area contributed by atoms with Crippen molar-refractivity contribution in [2.75, 3.05) is 6.61 Å². The number of carbonyl (C=O) groups excluding carboxylic acids is 3. The van der Waals surface area contributed by atoms with Gasteiger partial charge in [-0.2, -0.15) is 0 Å². The number of phosphoric acid groups is 1. The molecule has 1 amide bonds. The lowest BCUT2D eigenvalue weighted by molar-refractivity contribution is -0.265. The van der Waals surface area contributed by atoms with E-state index in [0.29, 0.717) is 25.7 Å². The standard InChI is InChI=1S/C44H84NO13P/c1-4-7-10-13-15-16-17-18-19-20-22-24-27-29-35(47)32-38(49)45-41-43(56-39(50)31-28-25-21-14-11-8-5-2)42(58-59(52,53)54)37(34-46)55-44(41)57-40(51)33-36(48)30-26-23-12-9-6-3/h35-37,41-44,46-48H,4-34H2,1-3H3,(H,45,49)(H2,52,53,54)/t35-,36-,37-,41-,42-,43-,44-/m1/s1. The second-order valence-corrected chi connectivity index (χ2v) is 17.8. The lowest BCUT2D eigenvalue weighted by Gasteiger charge is -2.44. The number of amides is 1. The van der Waals surface area contributed by atoms with Gasteiger partial charge in [-0.1, -0.05) is 175 Å². The molecular formula is C44H84NO13P. The Morgan fingerprint density at radius 2 is 1.02 bits per heavy atom. The van der Waals surface area contributed by atoms with Crippen LogP contribution in [0.4, 0.5) is 0 Å². The predicted octanol–water partition coefficient (Wildman–Crippen LogP) is 8.61. The van der Waals surface area contributed by atoms with Crippen LogP contribution in [-0.4, -0.2) is 92.4 Å². The van der Waals surface area contributed by atoms with Crippen molar-refractivity contribution in [3.05, 3.63) is 0 Å². The molecule has 6 N–H and O–H groups in total. The number of phosphoric ester groups is 1. The highest BCUT2D eigenvalue weighted by molar-refractivity contribution is 7.46. The fourth-order valence-electron chi connectivity index (χ4n) is 7.58. The number of unbranched alkanes of at least 4 members (excludes halogenated alkanes) is 22. The summed E-state index contributed by atoms with van der Waals surface area (Å²) >= 11 is 0. The van der Waals surface area contributed by atoms with Gasteiger partial charge in [-0.15, -0.1) is 0 Å². The summed E-state index contributed by atoms with van der Waals surface area (Å²) in [6, 6.07) is -1.54. The minimum atomic E-state index is -5.28. The summed E-state index contributed by atoms with van der Waals surface area (Å²) in [5, 5.41) is 34.2. The highest BCUT2D eigenvalue weighted by Gasteiger charge is 2.53. The second-order valence-electron chi connectivity index (χ2n) is 16.6. The van der Waals surface area contributed by atoms with Crippen LogP contribution in [0, 0.1) is 0 Å². The van der Waals surface area contributed by atoms with Crippen LogP contribution in [0.1, 0.15) is 213 Å². The largest absolute Gasteiger partial charge is 0.470 e. The van der Waals surface area contributed by atoms with Crippen LogP contribution >= 0.6 is 7.82 Å². The van der Waals surface area contributed by atoms with Crippen LogP contribution < -0.4 is 5.32 Å². The quantitative estimate of drug-likeness (QED) is 0.0195.